The van der Waals surface area contributed by atoms with Crippen molar-refractivity contribution >= 4 is 22.7 Å². The second-order valence-electron chi connectivity index (χ2n) is 3.84. The lowest BCUT2D eigenvalue weighted by Crippen LogP contribution is -2.03. The van der Waals surface area contributed by atoms with Gasteiger partial charge in [0.05, 0.1) is 0 Å². The number of fused-ring (bicyclic) bond motifs is 3. The Morgan fingerprint density at radius 1 is 1.35 bits per heavy atom. The molecule has 0 saturated heterocycles. The SMILES string of the molecule is N=C1CCc2[nH]c3ccccc3c21.NC(=O)O. The zero-order valence-electron chi connectivity index (χ0n) is 9.16. The molecule has 0 fully saturated rings. The summed E-state index contributed by atoms with van der Waals surface area (Å²) in [6.07, 6.45) is 0.564. The van der Waals surface area contributed by atoms with Gasteiger partial charge in [-0.15, -0.1) is 0 Å². The quantitative estimate of drug-likeness (QED) is 0.557. The third-order valence-electron chi connectivity index (χ3n) is 2.71. The Balaban J connectivity index is 0.000000239. The zero-order chi connectivity index (χ0) is 12.4. The highest BCUT2D eigenvalue weighted by molar-refractivity contribution is 6.12. The first-order chi connectivity index (χ1) is 8.09. The van der Waals surface area contributed by atoms with Gasteiger partial charge in [-0.3, -0.25) is 0 Å². The van der Waals surface area contributed by atoms with E-state index >= 15 is 0 Å². The minimum absolute atomic E-state index is 0.785. The molecule has 0 bridgehead atoms. The number of rotatable bonds is 0. The molecule has 17 heavy (non-hydrogen) atoms. The van der Waals surface area contributed by atoms with Crippen molar-refractivity contribution in [1.82, 2.24) is 4.98 Å². The number of nitrogens with one attached hydrogen (secondary N) is 2. The van der Waals surface area contributed by atoms with Gasteiger partial charge in [-0.05, 0) is 18.9 Å². The number of amides is 1. The number of nitrogens with two attached hydrogens (primary N) is 1. The Morgan fingerprint density at radius 2 is 2.00 bits per heavy atom. The van der Waals surface area contributed by atoms with Gasteiger partial charge < -0.3 is 21.2 Å². The van der Waals surface area contributed by atoms with E-state index in [4.69, 9.17) is 15.3 Å². The van der Waals surface area contributed by atoms with Crippen molar-refractivity contribution in [2.45, 2.75) is 12.8 Å². The van der Waals surface area contributed by atoms with Crippen LogP contribution in [0, 0.1) is 5.41 Å². The standard InChI is InChI=1S/C11H10N2.CH3NO2/c12-8-5-6-10-11(8)7-3-1-2-4-9(7)13-10;2-1(3)4/h1-4,12-13H,5-6H2;2H2,(H,3,4). The molecule has 1 aliphatic carbocycles. The Morgan fingerprint density at radius 3 is 2.71 bits per heavy atom. The molecule has 0 atom stereocenters. The summed E-state index contributed by atoms with van der Waals surface area (Å²) in [6.45, 7) is 0. The van der Waals surface area contributed by atoms with Crippen LogP contribution in [0.5, 0.6) is 0 Å². The van der Waals surface area contributed by atoms with Gasteiger partial charge in [0.1, 0.15) is 0 Å². The van der Waals surface area contributed by atoms with Crippen molar-refractivity contribution in [2.24, 2.45) is 5.73 Å². The minimum Gasteiger partial charge on any atom is -0.465 e. The molecule has 5 heteroatoms. The third kappa shape index (κ3) is 2.13. The summed E-state index contributed by atoms with van der Waals surface area (Å²) in [7, 11) is 0. The van der Waals surface area contributed by atoms with Crippen molar-refractivity contribution in [3.63, 3.8) is 0 Å². The number of aromatic amines is 1. The first kappa shape index (κ1) is 11.2. The minimum atomic E-state index is -1.33. The molecule has 88 valence electrons. The molecule has 1 aromatic heterocycles. The van der Waals surface area contributed by atoms with Gasteiger partial charge in [-0.25, -0.2) is 4.79 Å². The maximum absolute atomic E-state index is 8.78. The Labute approximate surface area is 97.8 Å². The number of benzene rings is 1. The molecule has 1 heterocycles. The third-order valence-corrected chi connectivity index (χ3v) is 2.71. The molecule has 1 aliphatic rings. The zero-order valence-corrected chi connectivity index (χ0v) is 9.16. The van der Waals surface area contributed by atoms with E-state index in [9.17, 15) is 0 Å². The van der Waals surface area contributed by atoms with Gasteiger partial charge in [-0.1, -0.05) is 18.2 Å². The van der Waals surface area contributed by atoms with Crippen LogP contribution in [0.25, 0.3) is 10.9 Å². The largest absolute Gasteiger partial charge is 0.465 e. The summed E-state index contributed by atoms with van der Waals surface area (Å²) >= 11 is 0. The predicted octanol–water partition coefficient (Wildman–Crippen LogP) is 2.11. The number of primary amides is 1. The number of aromatic nitrogens is 1. The molecule has 1 amide bonds. The smallest absolute Gasteiger partial charge is 0.402 e. The van der Waals surface area contributed by atoms with E-state index < -0.39 is 6.09 Å². The highest BCUT2D eigenvalue weighted by atomic mass is 16.4. The molecule has 0 aliphatic heterocycles. The number of aryl methyl sites for hydroxylation is 1. The van der Waals surface area contributed by atoms with Crippen molar-refractivity contribution in [3.05, 3.63) is 35.5 Å². The van der Waals surface area contributed by atoms with Gasteiger partial charge in [0.15, 0.2) is 0 Å². The maximum Gasteiger partial charge on any atom is 0.402 e. The van der Waals surface area contributed by atoms with E-state index in [0.717, 1.165) is 29.6 Å². The van der Waals surface area contributed by atoms with E-state index in [2.05, 4.69) is 22.9 Å². The van der Waals surface area contributed by atoms with E-state index in [1.165, 1.54) is 11.1 Å². The van der Waals surface area contributed by atoms with E-state index in [-0.39, 0.29) is 0 Å². The number of carbonyl (C=O) groups is 1. The van der Waals surface area contributed by atoms with Crippen molar-refractivity contribution in [1.29, 1.82) is 5.41 Å². The molecule has 0 radical (unpaired) electrons. The summed E-state index contributed by atoms with van der Waals surface area (Å²) in [4.78, 5) is 12.1. The average molecular weight is 231 g/mol. The first-order valence-corrected chi connectivity index (χ1v) is 5.25. The van der Waals surface area contributed by atoms with Crippen LogP contribution >= 0.6 is 0 Å². The highest BCUT2D eigenvalue weighted by Gasteiger charge is 2.20. The summed E-state index contributed by atoms with van der Waals surface area (Å²) in [5.74, 6) is 0. The normalized spacial score (nSPS) is 13.1. The summed E-state index contributed by atoms with van der Waals surface area (Å²) in [5, 5.41) is 16.2. The maximum atomic E-state index is 8.78. The van der Waals surface area contributed by atoms with Crippen molar-refractivity contribution in [3.8, 4) is 0 Å². The van der Waals surface area contributed by atoms with Crippen LogP contribution in [0.4, 0.5) is 4.79 Å². The molecule has 5 N–H and O–H groups in total. The second kappa shape index (κ2) is 4.29. The van der Waals surface area contributed by atoms with Crippen LogP contribution in [-0.2, 0) is 6.42 Å². The van der Waals surface area contributed by atoms with Gasteiger partial charge in [0.2, 0.25) is 0 Å². The predicted molar refractivity (Wildman–Crippen MR) is 65.7 cm³/mol. The number of para-hydroxylation sites is 1. The fraction of sp³-hybridized carbons (Fsp3) is 0.167. The van der Waals surface area contributed by atoms with Crippen LogP contribution in [0.2, 0.25) is 0 Å². The van der Waals surface area contributed by atoms with E-state index in [1.54, 1.807) is 0 Å². The summed E-state index contributed by atoms with van der Waals surface area (Å²) in [5.41, 5.74) is 8.37. The lowest BCUT2D eigenvalue weighted by molar-refractivity contribution is 0.205. The fourth-order valence-corrected chi connectivity index (χ4v) is 2.10. The fourth-order valence-electron chi connectivity index (χ4n) is 2.10. The lowest BCUT2D eigenvalue weighted by atomic mass is 10.1. The topological polar surface area (TPSA) is 103 Å². The van der Waals surface area contributed by atoms with Crippen LogP contribution in [0.3, 0.4) is 0 Å². The number of carboxylic acid groups (broad SMARTS) is 1. The molecule has 0 unspecified atom stereocenters. The molecule has 0 saturated carbocycles. The van der Waals surface area contributed by atoms with Crippen LogP contribution < -0.4 is 5.73 Å². The number of hydrogen-bond donors (Lipinski definition) is 4. The number of H-pyrrole nitrogens is 1. The van der Waals surface area contributed by atoms with E-state index in [1.807, 2.05) is 12.1 Å². The van der Waals surface area contributed by atoms with Crippen LogP contribution in [-0.4, -0.2) is 21.9 Å². The van der Waals surface area contributed by atoms with Gasteiger partial charge in [0.25, 0.3) is 0 Å². The molecular formula is C12H13N3O2. The summed E-state index contributed by atoms with van der Waals surface area (Å²) in [6, 6.07) is 8.21. The van der Waals surface area contributed by atoms with Crippen LogP contribution in [0.1, 0.15) is 17.7 Å². The lowest BCUT2D eigenvalue weighted by Gasteiger charge is -1.93. The highest BCUT2D eigenvalue weighted by Crippen LogP contribution is 2.29. The van der Waals surface area contributed by atoms with Crippen molar-refractivity contribution in [2.75, 3.05) is 0 Å². The molecular weight excluding hydrogens is 218 g/mol. The monoisotopic (exact) mass is 231 g/mol. The second-order valence-corrected chi connectivity index (χ2v) is 3.84. The Bertz CT molecular complexity index is 582. The van der Waals surface area contributed by atoms with Gasteiger partial charge in [0, 0.05) is 27.9 Å². The summed E-state index contributed by atoms with van der Waals surface area (Å²) < 4.78 is 0. The molecule has 5 nitrogen and oxygen atoms in total. The Kier molecular flexibility index (Phi) is 2.82. The Hall–Kier alpha value is -2.30. The average Bonchev–Trinajstić information content (AvgIpc) is 2.78. The van der Waals surface area contributed by atoms with Gasteiger partial charge >= 0.3 is 6.09 Å². The molecule has 1 aromatic carbocycles. The molecule has 3 rings (SSSR count). The van der Waals surface area contributed by atoms with Crippen molar-refractivity contribution < 1.29 is 9.90 Å². The first-order valence-electron chi connectivity index (χ1n) is 5.25. The molecule has 2 aromatic rings. The van der Waals surface area contributed by atoms with E-state index in [0.29, 0.717) is 0 Å². The van der Waals surface area contributed by atoms with Gasteiger partial charge in [-0.2, -0.15) is 0 Å². The van der Waals surface area contributed by atoms with Crippen LogP contribution in [0.15, 0.2) is 24.3 Å². The number of hydrogen-bond acceptors (Lipinski definition) is 2. The molecule has 0 spiro atoms.